The minimum absolute atomic E-state index is 0.0400. The van der Waals surface area contributed by atoms with Crippen molar-refractivity contribution in [3.8, 4) is 5.75 Å². The highest BCUT2D eigenvalue weighted by Crippen LogP contribution is 2.31. The highest BCUT2D eigenvalue weighted by Gasteiger charge is 2.34. The van der Waals surface area contributed by atoms with Gasteiger partial charge in [-0.3, -0.25) is 4.79 Å². The number of carbonyl (C=O) groups excluding carboxylic acids is 1. The Morgan fingerprint density at radius 3 is 1.92 bits per heavy atom. The summed E-state index contributed by atoms with van der Waals surface area (Å²) < 4.78 is 18.8. The molecule has 0 aliphatic carbocycles. The fourth-order valence-electron chi connectivity index (χ4n) is 5.41. The molecule has 0 amide bonds. The quantitative estimate of drug-likeness (QED) is 0.0782. The van der Waals surface area contributed by atoms with Crippen LogP contribution in [0.15, 0.2) is 59.2 Å². The predicted octanol–water partition coefficient (Wildman–Crippen LogP) is 9.33. The fourth-order valence-corrected chi connectivity index (χ4v) is 8.34. The van der Waals surface area contributed by atoms with E-state index in [0.29, 0.717) is 12.5 Å². The van der Waals surface area contributed by atoms with Crippen LogP contribution in [0.25, 0.3) is 0 Å². The first-order valence-corrected chi connectivity index (χ1v) is 17.4. The third kappa shape index (κ3) is 11.2. The van der Waals surface area contributed by atoms with Crippen molar-refractivity contribution in [3.63, 3.8) is 0 Å². The van der Waals surface area contributed by atoms with E-state index in [-0.39, 0.29) is 24.0 Å². The molecule has 5 heteroatoms. The lowest BCUT2D eigenvalue weighted by molar-refractivity contribution is -0.104. The van der Waals surface area contributed by atoms with Crippen molar-refractivity contribution >= 4 is 14.6 Å². The summed E-state index contributed by atoms with van der Waals surface area (Å²) in [5.74, 6) is 1.67. The molecule has 0 radical (unpaired) electrons. The lowest BCUT2D eigenvalue weighted by Crippen LogP contribution is -2.42. The highest BCUT2D eigenvalue weighted by molar-refractivity contribution is 6.73. The van der Waals surface area contributed by atoms with Gasteiger partial charge in [0.2, 0.25) is 0 Å². The van der Waals surface area contributed by atoms with Gasteiger partial charge in [-0.05, 0) is 73.7 Å². The van der Waals surface area contributed by atoms with Crippen LogP contribution in [0.3, 0.4) is 0 Å². The Morgan fingerprint density at radius 1 is 0.872 bits per heavy atom. The zero-order chi connectivity index (χ0) is 29.6. The van der Waals surface area contributed by atoms with E-state index >= 15 is 0 Å². The molecule has 0 saturated heterocycles. The summed E-state index contributed by atoms with van der Waals surface area (Å²) in [5, 5.41) is 0. The number of hydrogen-bond acceptors (Lipinski definition) is 4. The molecule has 0 aromatic heterocycles. The van der Waals surface area contributed by atoms with Gasteiger partial charge in [0, 0.05) is 11.8 Å². The van der Waals surface area contributed by atoms with E-state index < -0.39 is 8.32 Å². The second-order valence-corrected chi connectivity index (χ2v) is 16.1. The lowest BCUT2D eigenvalue weighted by atomic mass is 9.89. The second-order valence-electron chi connectivity index (χ2n) is 11.3. The molecule has 1 rings (SSSR count). The molecule has 0 unspecified atom stereocenters. The first kappa shape index (κ1) is 35.1. The average molecular weight is 557 g/mol. The topological polar surface area (TPSA) is 44.8 Å². The highest BCUT2D eigenvalue weighted by atomic mass is 28.4. The van der Waals surface area contributed by atoms with E-state index in [9.17, 15) is 4.79 Å². The molecule has 39 heavy (non-hydrogen) atoms. The number of allylic oxidation sites excluding steroid dienone is 3. The van der Waals surface area contributed by atoms with Gasteiger partial charge in [0.15, 0.2) is 8.32 Å². The number of aldehydes is 1. The van der Waals surface area contributed by atoms with Gasteiger partial charge in [-0.1, -0.05) is 90.8 Å². The number of rotatable bonds is 18. The summed E-state index contributed by atoms with van der Waals surface area (Å²) in [6, 6.07) is 11.4. The predicted molar refractivity (Wildman–Crippen MR) is 169 cm³/mol. The molecule has 0 aliphatic rings. The zero-order valence-electron chi connectivity index (χ0n) is 26.7. The summed E-state index contributed by atoms with van der Waals surface area (Å²) in [7, 11) is -0.158. The summed E-state index contributed by atoms with van der Waals surface area (Å²) in [6.45, 7) is 22.5. The molecule has 4 nitrogen and oxygen atoms in total. The molecule has 5 atom stereocenters. The van der Waals surface area contributed by atoms with E-state index in [2.05, 4.69) is 92.7 Å². The van der Waals surface area contributed by atoms with Gasteiger partial charge in [0.05, 0.1) is 25.9 Å². The van der Waals surface area contributed by atoms with Gasteiger partial charge < -0.3 is 13.9 Å². The Morgan fingerprint density at radius 2 is 1.44 bits per heavy atom. The third-order valence-corrected chi connectivity index (χ3v) is 12.9. The SMILES string of the molecule is CC[C@H](C)[C@@H](OCc1ccc(OC)cc1)[C@@H](C)/C=C(C)/C=C(\C)[C@@H](O[Si](CC)(CC)CC)[C@H](C)/C=C(\C)C=O. The van der Waals surface area contributed by atoms with Crippen LogP contribution in [0.1, 0.15) is 81.2 Å². The van der Waals surface area contributed by atoms with Crippen LogP contribution in [0.5, 0.6) is 5.75 Å². The number of benzene rings is 1. The summed E-state index contributed by atoms with van der Waals surface area (Å²) >= 11 is 0. The number of ether oxygens (including phenoxy) is 2. The molecule has 1 aromatic carbocycles. The van der Waals surface area contributed by atoms with Crippen molar-refractivity contribution < 1.29 is 18.7 Å². The molecule has 0 heterocycles. The van der Waals surface area contributed by atoms with Crippen molar-refractivity contribution in [3.05, 3.63) is 64.8 Å². The van der Waals surface area contributed by atoms with Crippen LogP contribution < -0.4 is 4.74 Å². The number of hydrogen-bond donors (Lipinski definition) is 0. The maximum absolute atomic E-state index is 11.4. The van der Waals surface area contributed by atoms with Crippen LogP contribution in [0.2, 0.25) is 18.1 Å². The van der Waals surface area contributed by atoms with Crippen molar-refractivity contribution in [2.75, 3.05) is 7.11 Å². The van der Waals surface area contributed by atoms with Crippen LogP contribution >= 0.6 is 0 Å². The van der Waals surface area contributed by atoms with Gasteiger partial charge in [0.25, 0.3) is 0 Å². The molecule has 0 saturated carbocycles. The number of carbonyl (C=O) groups is 1. The molecular weight excluding hydrogens is 500 g/mol. The van der Waals surface area contributed by atoms with Gasteiger partial charge in [-0.2, -0.15) is 0 Å². The van der Waals surface area contributed by atoms with E-state index in [4.69, 9.17) is 13.9 Å². The van der Waals surface area contributed by atoms with Crippen molar-refractivity contribution in [1.82, 2.24) is 0 Å². The number of methoxy groups -OCH3 is 1. The monoisotopic (exact) mass is 556 g/mol. The van der Waals surface area contributed by atoms with E-state index in [1.54, 1.807) is 7.11 Å². The molecule has 0 bridgehead atoms. The molecule has 0 aliphatic heterocycles. The van der Waals surface area contributed by atoms with Crippen molar-refractivity contribution in [2.24, 2.45) is 17.8 Å². The van der Waals surface area contributed by atoms with E-state index in [0.717, 1.165) is 47.7 Å². The molecule has 0 N–H and O–H groups in total. The Hall–Kier alpha value is -1.95. The van der Waals surface area contributed by atoms with Gasteiger partial charge in [0.1, 0.15) is 12.0 Å². The minimum atomic E-state index is -1.84. The van der Waals surface area contributed by atoms with E-state index in [1.807, 2.05) is 19.1 Å². The summed E-state index contributed by atoms with van der Waals surface area (Å²) in [5.41, 5.74) is 4.34. The van der Waals surface area contributed by atoms with Crippen molar-refractivity contribution in [2.45, 2.75) is 113 Å². The Labute approximate surface area is 241 Å². The normalized spacial score (nSPS) is 17.4. The second kappa shape index (κ2) is 17.7. The van der Waals surface area contributed by atoms with Gasteiger partial charge >= 0.3 is 0 Å². The largest absolute Gasteiger partial charge is 0.497 e. The fraction of sp³-hybridized carbons (Fsp3) is 0.618. The first-order chi connectivity index (χ1) is 18.5. The molecule has 0 spiro atoms. The van der Waals surface area contributed by atoms with E-state index in [1.165, 1.54) is 11.1 Å². The Kier molecular flexibility index (Phi) is 15.9. The summed E-state index contributed by atoms with van der Waals surface area (Å²) in [4.78, 5) is 11.4. The van der Waals surface area contributed by atoms with Gasteiger partial charge in [-0.15, -0.1) is 0 Å². The molecular formula is C34H56O4Si. The van der Waals surface area contributed by atoms with Crippen LogP contribution in [-0.2, 0) is 20.6 Å². The summed E-state index contributed by atoms with van der Waals surface area (Å²) in [6.07, 6.45) is 8.75. The zero-order valence-corrected chi connectivity index (χ0v) is 27.7. The van der Waals surface area contributed by atoms with Crippen molar-refractivity contribution in [1.29, 1.82) is 0 Å². The molecule has 0 fully saturated rings. The molecule has 1 aromatic rings. The lowest BCUT2D eigenvalue weighted by Gasteiger charge is -2.36. The smallest absolute Gasteiger partial charge is 0.192 e. The standard InChI is InChI=1S/C34H56O4Si/c1-12-27(7)33(37-24-31-16-18-32(36-11)19-17-31)28(8)20-25(5)21-29(9)34(30(10)22-26(6)23-35)38-39(13-2,14-3)15-4/h16-23,27-28,30,33-34H,12-15,24H2,1-11H3/b25-20+,26-22+,29-21+/t27-,28-,30+,33+,34+/m0/s1. The van der Waals surface area contributed by atoms with Crippen LogP contribution in [0.4, 0.5) is 0 Å². The first-order valence-electron chi connectivity index (χ1n) is 14.9. The minimum Gasteiger partial charge on any atom is -0.497 e. The maximum Gasteiger partial charge on any atom is 0.192 e. The molecule has 220 valence electrons. The average Bonchev–Trinajstić information content (AvgIpc) is 2.93. The Bertz CT molecular complexity index is 934. The third-order valence-electron chi connectivity index (χ3n) is 8.25. The van der Waals surface area contributed by atoms with Crippen LogP contribution in [-0.4, -0.2) is 33.9 Å². The Balaban J connectivity index is 3.22. The maximum atomic E-state index is 11.4. The van der Waals surface area contributed by atoms with Crippen LogP contribution in [0, 0.1) is 17.8 Å². The van der Waals surface area contributed by atoms with Gasteiger partial charge in [-0.25, -0.2) is 0 Å².